The van der Waals surface area contributed by atoms with Crippen molar-refractivity contribution >= 4 is 11.6 Å². The van der Waals surface area contributed by atoms with Crippen LogP contribution in [0.2, 0.25) is 0 Å². The van der Waals surface area contributed by atoms with E-state index in [-0.39, 0.29) is 17.9 Å². The zero-order chi connectivity index (χ0) is 17.6. The molecule has 2 atom stereocenters. The van der Waals surface area contributed by atoms with Crippen molar-refractivity contribution in [3.63, 3.8) is 0 Å². The Balaban J connectivity index is 1.65. The molecule has 0 aromatic carbocycles. The second-order valence-electron chi connectivity index (χ2n) is 6.77. The number of aryl methyl sites for hydroxylation is 2. The second-order valence-corrected chi connectivity index (χ2v) is 6.77. The fourth-order valence-electron chi connectivity index (χ4n) is 3.85. The van der Waals surface area contributed by atoms with Crippen molar-refractivity contribution in [2.24, 2.45) is 0 Å². The van der Waals surface area contributed by atoms with Crippen LogP contribution in [0.5, 0.6) is 0 Å². The number of fused-ring (bicyclic) bond motifs is 1. The van der Waals surface area contributed by atoms with Crippen LogP contribution >= 0.6 is 0 Å². The van der Waals surface area contributed by atoms with E-state index < -0.39 is 0 Å². The predicted molar refractivity (Wildman–Crippen MR) is 93.3 cm³/mol. The van der Waals surface area contributed by atoms with Crippen LogP contribution in [0.1, 0.15) is 54.6 Å². The van der Waals surface area contributed by atoms with E-state index in [0.717, 1.165) is 47.9 Å². The molecule has 0 saturated carbocycles. The maximum Gasteiger partial charge on any atom is 0.230 e. The Hall–Kier alpha value is -2.63. The number of amides is 1. The van der Waals surface area contributed by atoms with Crippen LogP contribution in [-0.2, 0) is 4.79 Å². The normalized spacial score (nSPS) is 18.8. The number of likely N-dealkylation sites (tertiary alicyclic amines) is 1. The largest absolute Gasteiger partial charge is 0.466 e. The van der Waals surface area contributed by atoms with Gasteiger partial charge >= 0.3 is 0 Å². The molecule has 6 heteroatoms. The quantitative estimate of drug-likeness (QED) is 0.734. The zero-order valence-corrected chi connectivity index (χ0v) is 14.8. The van der Waals surface area contributed by atoms with Crippen LogP contribution < -0.4 is 0 Å². The number of aromatic nitrogens is 3. The highest BCUT2D eigenvalue weighted by Gasteiger charge is 2.36. The Morgan fingerprint density at radius 3 is 2.92 bits per heavy atom. The fraction of sp³-hybridized carbons (Fsp3) is 0.421. The maximum atomic E-state index is 13.2. The summed E-state index contributed by atoms with van der Waals surface area (Å²) in [7, 11) is 0. The van der Waals surface area contributed by atoms with Crippen LogP contribution in [0.25, 0.3) is 5.65 Å². The van der Waals surface area contributed by atoms with Crippen molar-refractivity contribution in [3.8, 4) is 0 Å². The Kier molecular flexibility index (Phi) is 3.82. The van der Waals surface area contributed by atoms with Crippen LogP contribution in [0.4, 0.5) is 0 Å². The number of hydrogen-bond donors (Lipinski definition) is 0. The van der Waals surface area contributed by atoms with Gasteiger partial charge in [-0.3, -0.25) is 9.20 Å². The van der Waals surface area contributed by atoms with Crippen molar-refractivity contribution in [2.75, 3.05) is 6.54 Å². The molecule has 130 valence electrons. The van der Waals surface area contributed by atoms with E-state index in [1.165, 1.54) is 0 Å². The molecule has 6 nitrogen and oxygen atoms in total. The maximum absolute atomic E-state index is 13.2. The van der Waals surface area contributed by atoms with E-state index in [2.05, 4.69) is 10.2 Å². The lowest BCUT2D eigenvalue weighted by Crippen LogP contribution is -2.34. The van der Waals surface area contributed by atoms with Crippen molar-refractivity contribution < 1.29 is 9.21 Å². The summed E-state index contributed by atoms with van der Waals surface area (Å²) in [5, 5.41) is 8.60. The van der Waals surface area contributed by atoms with Gasteiger partial charge < -0.3 is 9.32 Å². The highest BCUT2D eigenvalue weighted by atomic mass is 16.3. The number of nitrogens with zero attached hydrogens (tertiary/aromatic N) is 4. The molecule has 4 heterocycles. The summed E-state index contributed by atoms with van der Waals surface area (Å²) >= 11 is 0. The van der Waals surface area contributed by atoms with Gasteiger partial charge in [0.2, 0.25) is 5.91 Å². The summed E-state index contributed by atoms with van der Waals surface area (Å²) in [6.07, 6.45) is 3.85. The lowest BCUT2D eigenvalue weighted by atomic mass is 9.99. The summed E-state index contributed by atoms with van der Waals surface area (Å²) in [6, 6.07) is 7.77. The summed E-state index contributed by atoms with van der Waals surface area (Å²) < 4.78 is 7.59. The van der Waals surface area contributed by atoms with Gasteiger partial charge in [-0.25, -0.2) is 0 Å². The number of carbonyl (C=O) groups excluding carboxylic acids is 1. The number of hydrogen-bond acceptors (Lipinski definition) is 4. The fourth-order valence-corrected chi connectivity index (χ4v) is 3.85. The molecule has 1 aliphatic rings. The van der Waals surface area contributed by atoms with Gasteiger partial charge in [-0.1, -0.05) is 6.07 Å². The van der Waals surface area contributed by atoms with Gasteiger partial charge in [-0.05, 0) is 51.8 Å². The highest BCUT2D eigenvalue weighted by molar-refractivity contribution is 5.84. The van der Waals surface area contributed by atoms with Gasteiger partial charge in [0.1, 0.15) is 11.5 Å². The first-order chi connectivity index (χ1) is 12.1. The summed E-state index contributed by atoms with van der Waals surface area (Å²) in [5.74, 6) is 2.40. The molecule has 1 fully saturated rings. The van der Waals surface area contributed by atoms with Crippen molar-refractivity contribution in [2.45, 2.75) is 45.6 Å². The van der Waals surface area contributed by atoms with Gasteiger partial charge in [0.05, 0.1) is 12.0 Å². The van der Waals surface area contributed by atoms with Crippen LogP contribution in [-0.4, -0.2) is 31.9 Å². The molecule has 0 unspecified atom stereocenters. The molecular weight excluding hydrogens is 316 g/mol. The van der Waals surface area contributed by atoms with Crippen LogP contribution in [0, 0.1) is 13.8 Å². The Bertz CT molecular complexity index is 927. The van der Waals surface area contributed by atoms with Gasteiger partial charge in [-0.15, -0.1) is 10.2 Å². The third-order valence-corrected chi connectivity index (χ3v) is 5.09. The molecule has 0 aliphatic carbocycles. The average molecular weight is 338 g/mol. The second kappa shape index (κ2) is 6.02. The zero-order valence-electron chi connectivity index (χ0n) is 14.8. The minimum absolute atomic E-state index is 0.0272. The molecule has 3 aromatic rings. The van der Waals surface area contributed by atoms with Gasteiger partial charge in [0.25, 0.3) is 0 Å². The van der Waals surface area contributed by atoms with E-state index in [1.807, 2.05) is 60.5 Å². The summed E-state index contributed by atoms with van der Waals surface area (Å²) in [5.41, 5.74) is 1.78. The van der Waals surface area contributed by atoms with Crippen LogP contribution in [0.15, 0.2) is 34.9 Å². The Morgan fingerprint density at radius 1 is 1.32 bits per heavy atom. The lowest BCUT2D eigenvalue weighted by Gasteiger charge is -2.26. The number of pyridine rings is 1. The Labute approximate surface area is 146 Å². The standard InChI is InChI=1S/C19H22N4O2/c1-12-11-15(14(3)25-12)13(2)19(24)22-10-6-7-16(22)18-21-20-17-8-4-5-9-23(17)18/h4-5,8-9,11,13,16H,6-7,10H2,1-3H3/t13-,16+/m0/s1. The predicted octanol–water partition coefficient (Wildman–Crippen LogP) is 3.41. The monoisotopic (exact) mass is 338 g/mol. The first-order valence-electron chi connectivity index (χ1n) is 8.73. The molecule has 0 N–H and O–H groups in total. The molecule has 0 bridgehead atoms. The van der Waals surface area contributed by atoms with E-state index >= 15 is 0 Å². The minimum atomic E-state index is -0.225. The Morgan fingerprint density at radius 2 is 2.16 bits per heavy atom. The number of carbonyl (C=O) groups is 1. The molecule has 1 aliphatic heterocycles. The average Bonchev–Trinajstić information content (AvgIpc) is 3.31. The molecule has 1 saturated heterocycles. The lowest BCUT2D eigenvalue weighted by molar-refractivity contribution is -0.133. The summed E-state index contributed by atoms with van der Waals surface area (Å²) in [4.78, 5) is 15.1. The molecular formula is C19H22N4O2. The first-order valence-corrected chi connectivity index (χ1v) is 8.73. The molecule has 0 spiro atoms. The SMILES string of the molecule is Cc1cc([C@H](C)C(=O)N2CCC[C@@H]2c2nnc3ccccn23)c(C)o1. The first kappa shape index (κ1) is 15.9. The van der Waals surface area contributed by atoms with Gasteiger partial charge in [0.15, 0.2) is 11.5 Å². The third kappa shape index (κ3) is 2.62. The smallest absolute Gasteiger partial charge is 0.230 e. The molecule has 1 amide bonds. The highest BCUT2D eigenvalue weighted by Crippen LogP contribution is 2.35. The van der Waals surface area contributed by atoms with Crippen molar-refractivity contribution in [1.29, 1.82) is 0 Å². The van der Waals surface area contributed by atoms with Crippen LogP contribution in [0.3, 0.4) is 0 Å². The van der Waals surface area contributed by atoms with Gasteiger partial charge in [-0.2, -0.15) is 0 Å². The van der Waals surface area contributed by atoms with E-state index in [9.17, 15) is 4.79 Å². The molecule has 25 heavy (non-hydrogen) atoms. The van der Waals surface area contributed by atoms with E-state index in [1.54, 1.807) is 0 Å². The topological polar surface area (TPSA) is 63.6 Å². The minimum Gasteiger partial charge on any atom is -0.466 e. The van der Waals surface area contributed by atoms with E-state index in [4.69, 9.17) is 4.42 Å². The molecule has 4 rings (SSSR count). The number of furan rings is 1. The van der Waals surface area contributed by atoms with E-state index in [0.29, 0.717) is 0 Å². The number of rotatable bonds is 3. The summed E-state index contributed by atoms with van der Waals surface area (Å²) in [6.45, 7) is 6.54. The molecule has 3 aromatic heterocycles. The van der Waals surface area contributed by atoms with Crippen molar-refractivity contribution in [3.05, 3.63) is 53.4 Å². The van der Waals surface area contributed by atoms with Crippen molar-refractivity contribution in [1.82, 2.24) is 19.5 Å². The third-order valence-electron chi connectivity index (χ3n) is 5.09. The van der Waals surface area contributed by atoms with Gasteiger partial charge in [0, 0.05) is 18.3 Å². The molecule has 0 radical (unpaired) electrons.